The van der Waals surface area contributed by atoms with E-state index in [0.717, 1.165) is 27.7 Å². The number of benzene rings is 1. The van der Waals surface area contributed by atoms with Crippen molar-refractivity contribution in [2.45, 2.75) is 26.4 Å². The molecule has 3 nitrogen and oxygen atoms in total. The van der Waals surface area contributed by atoms with Crippen LogP contribution in [0.25, 0.3) is 10.6 Å². The van der Waals surface area contributed by atoms with E-state index in [4.69, 9.17) is 16.3 Å². The van der Waals surface area contributed by atoms with Gasteiger partial charge in [-0.1, -0.05) is 23.5 Å². The molecular weight excluding hydrogens is 268 g/mol. The van der Waals surface area contributed by atoms with Crippen molar-refractivity contribution in [2.75, 3.05) is 5.88 Å². The van der Waals surface area contributed by atoms with Gasteiger partial charge in [0.05, 0.1) is 6.10 Å². The Morgan fingerprint density at radius 2 is 2.17 bits per heavy atom. The molecule has 2 aromatic rings. The number of aromatic nitrogens is 2. The predicted molar refractivity (Wildman–Crippen MR) is 75.5 cm³/mol. The van der Waals surface area contributed by atoms with E-state index in [1.54, 1.807) is 11.3 Å². The summed E-state index contributed by atoms with van der Waals surface area (Å²) in [5.41, 5.74) is 1.03. The molecule has 96 valence electrons. The van der Waals surface area contributed by atoms with Crippen molar-refractivity contribution in [3.8, 4) is 16.3 Å². The van der Waals surface area contributed by atoms with Gasteiger partial charge in [-0.05, 0) is 26.0 Å². The van der Waals surface area contributed by atoms with Crippen molar-refractivity contribution >= 4 is 22.9 Å². The highest BCUT2D eigenvalue weighted by Crippen LogP contribution is 2.27. The summed E-state index contributed by atoms with van der Waals surface area (Å²) in [5.74, 6) is 1.43. The third-order valence-corrected chi connectivity index (χ3v) is 3.45. The maximum absolute atomic E-state index is 5.69. The van der Waals surface area contributed by atoms with E-state index in [-0.39, 0.29) is 6.10 Å². The largest absolute Gasteiger partial charge is 0.491 e. The Labute approximate surface area is 116 Å². The summed E-state index contributed by atoms with van der Waals surface area (Å²) in [5, 5.41) is 10.2. The summed E-state index contributed by atoms with van der Waals surface area (Å²) in [7, 11) is 0. The van der Waals surface area contributed by atoms with Crippen LogP contribution < -0.4 is 4.74 Å². The van der Waals surface area contributed by atoms with Gasteiger partial charge in [0.15, 0.2) is 0 Å². The number of aryl methyl sites for hydroxylation is 1. The lowest BCUT2D eigenvalue weighted by atomic mass is 10.2. The quantitative estimate of drug-likeness (QED) is 0.783. The molecule has 0 atom stereocenters. The van der Waals surface area contributed by atoms with Gasteiger partial charge in [0.25, 0.3) is 0 Å². The molecule has 1 heterocycles. The van der Waals surface area contributed by atoms with E-state index in [1.165, 1.54) is 0 Å². The van der Waals surface area contributed by atoms with Crippen molar-refractivity contribution in [3.63, 3.8) is 0 Å². The Morgan fingerprint density at radius 3 is 2.89 bits per heavy atom. The van der Waals surface area contributed by atoms with Crippen molar-refractivity contribution in [3.05, 3.63) is 29.3 Å². The van der Waals surface area contributed by atoms with Gasteiger partial charge in [-0.2, -0.15) is 0 Å². The molecule has 1 aromatic heterocycles. The number of hydrogen-bond donors (Lipinski definition) is 0. The molecule has 0 radical (unpaired) electrons. The molecule has 0 N–H and O–H groups in total. The van der Waals surface area contributed by atoms with Crippen molar-refractivity contribution in [2.24, 2.45) is 0 Å². The lowest BCUT2D eigenvalue weighted by Gasteiger charge is -2.09. The molecule has 0 saturated carbocycles. The minimum atomic E-state index is 0.168. The topological polar surface area (TPSA) is 35.0 Å². The van der Waals surface area contributed by atoms with Gasteiger partial charge >= 0.3 is 0 Å². The van der Waals surface area contributed by atoms with Crippen LogP contribution in [0, 0.1) is 0 Å². The zero-order chi connectivity index (χ0) is 13.0. The molecule has 0 spiro atoms. The highest BCUT2D eigenvalue weighted by molar-refractivity contribution is 7.14. The number of halogens is 1. The summed E-state index contributed by atoms with van der Waals surface area (Å²) in [4.78, 5) is 0. The summed E-state index contributed by atoms with van der Waals surface area (Å²) in [6.07, 6.45) is 0.933. The van der Waals surface area contributed by atoms with Gasteiger partial charge < -0.3 is 4.74 Å². The molecule has 0 bridgehead atoms. The monoisotopic (exact) mass is 282 g/mol. The third-order valence-electron chi connectivity index (χ3n) is 2.23. The number of ether oxygens (including phenoxy) is 1. The molecule has 0 aliphatic carbocycles. The summed E-state index contributed by atoms with van der Waals surface area (Å²) in [6.45, 7) is 4.02. The molecule has 0 aliphatic heterocycles. The zero-order valence-corrected chi connectivity index (χ0v) is 12.0. The fourth-order valence-electron chi connectivity index (χ4n) is 1.53. The molecule has 2 rings (SSSR count). The first-order chi connectivity index (χ1) is 8.69. The summed E-state index contributed by atoms with van der Waals surface area (Å²) in [6, 6.07) is 7.92. The predicted octanol–water partition coefficient (Wildman–Crippen LogP) is 3.77. The van der Waals surface area contributed by atoms with Crippen molar-refractivity contribution < 1.29 is 4.74 Å². The molecule has 18 heavy (non-hydrogen) atoms. The van der Waals surface area contributed by atoms with E-state index in [9.17, 15) is 0 Å². The fraction of sp³-hybridized carbons (Fsp3) is 0.385. The SMILES string of the molecule is CC(C)Oc1cccc(-c2nnc(CCCl)s2)c1. The van der Waals surface area contributed by atoms with Crippen molar-refractivity contribution in [1.29, 1.82) is 0 Å². The van der Waals surface area contributed by atoms with Gasteiger partial charge in [-0.15, -0.1) is 21.8 Å². The van der Waals surface area contributed by atoms with Gasteiger partial charge in [-0.3, -0.25) is 0 Å². The van der Waals surface area contributed by atoms with Gasteiger partial charge in [0.1, 0.15) is 15.8 Å². The number of nitrogens with zero attached hydrogens (tertiary/aromatic N) is 2. The first-order valence-corrected chi connectivity index (χ1v) is 7.19. The molecule has 0 saturated heterocycles. The van der Waals surface area contributed by atoms with E-state index in [0.29, 0.717) is 5.88 Å². The van der Waals surface area contributed by atoms with Crippen LogP contribution in [0.1, 0.15) is 18.9 Å². The van der Waals surface area contributed by atoms with Crippen LogP contribution in [0.3, 0.4) is 0 Å². The lowest BCUT2D eigenvalue weighted by Crippen LogP contribution is -2.05. The fourth-order valence-corrected chi connectivity index (χ4v) is 2.65. The second kappa shape index (κ2) is 6.16. The second-order valence-corrected chi connectivity index (χ2v) is 5.57. The first-order valence-electron chi connectivity index (χ1n) is 5.84. The molecule has 1 aromatic carbocycles. The van der Waals surface area contributed by atoms with E-state index >= 15 is 0 Å². The van der Waals surface area contributed by atoms with Gasteiger partial charge in [-0.25, -0.2) is 0 Å². The minimum absolute atomic E-state index is 0.168. The van der Waals surface area contributed by atoms with E-state index in [2.05, 4.69) is 10.2 Å². The number of alkyl halides is 1. The normalized spacial score (nSPS) is 10.9. The molecule has 0 unspecified atom stereocenters. The lowest BCUT2D eigenvalue weighted by molar-refractivity contribution is 0.242. The second-order valence-electron chi connectivity index (χ2n) is 4.13. The third kappa shape index (κ3) is 3.43. The van der Waals surface area contributed by atoms with Crippen LogP contribution >= 0.6 is 22.9 Å². The van der Waals surface area contributed by atoms with Gasteiger partial charge in [0, 0.05) is 17.9 Å². The van der Waals surface area contributed by atoms with Crippen LogP contribution in [0.2, 0.25) is 0 Å². The zero-order valence-electron chi connectivity index (χ0n) is 10.4. The number of rotatable bonds is 5. The Kier molecular flexibility index (Phi) is 4.55. The summed E-state index contributed by atoms with van der Waals surface area (Å²) < 4.78 is 5.67. The van der Waals surface area contributed by atoms with Crippen LogP contribution in [-0.4, -0.2) is 22.2 Å². The maximum Gasteiger partial charge on any atom is 0.147 e. The molecule has 0 amide bonds. The molecule has 0 aliphatic rings. The van der Waals surface area contributed by atoms with E-state index in [1.807, 2.05) is 38.1 Å². The average molecular weight is 283 g/mol. The smallest absolute Gasteiger partial charge is 0.147 e. The van der Waals surface area contributed by atoms with Crippen molar-refractivity contribution in [1.82, 2.24) is 10.2 Å². The molecule has 5 heteroatoms. The molecular formula is C13H15ClN2OS. The Morgan fingerprint density at radius 1 is 1.33 bits per heavy atom. The number of hydrogen-bond acceptors (Lipinski definition) is 4. The Balaban J connectivity index is 2.21. The van der Waals surface area contributed by atoms with Gasteiger partial charge in [0.2, 0.25) is 0 Å². The maximum atomic E-state index is 5.69. The minimum Gasteiger partial charge on any atom is -0.491 e. The highest BCUT2D eigenvalue weighted by Gasteiger charge is 2.07. The first kappa shape index (κ1) is 13.3. The Hall–Kier alpha value is -1.13. The van der Waals surface area contributed by atoms with Crippen LogP contribution in [0.4, 0.5) is 0 Å². The van der Waals surface area contributed by atoms with Crippen LogP contribution in [0.15, 0.2) is 24.3 Å². The van der Waals surface area contributed by atoms with Crippen LogP contribution in [-0.2, 0) is 6.42 Å². The highest BCUT2D eigenvalue weighted by atomic mass is 35.5. The average Bonchev–Trinajstić information content (AvgIpc) is 2.78. The standard InChI is InChI=1S/C13H15ClN2OS/c1-9(2)17-11-5-3-4-10(8-11)13-16-15-12(18-13)6-7-14/h3-5,8-9H,6-7H2,1-2H3. The summed E-state index contributed by atoms with van der Waals surface area (Å²) >= 11 is 7.27. The van der Waals surface area contributed by atoms with Crippen LogP contribution in [0.5, 0.6) is 5.75 Å². The Bertz CT molecular complexity index is 513. The van der Waals surface area contributed by atoms with E-state index < -0.39 is 0 Å². The molecule has 0 fully saturated rings.